The molecule has 0 fully saturated rings. The molecule has 4 rings (SSSR count). The van der Waals surface area contributed by atoms with Crippen LogP contribution in [0.3, 0.4) is 0 Å². The average Bonchev–Trinajstić information content (AvgIpc) is 3.17. The van der Waals surface area contributed by atoms with E-state index in [9.17, 15) is 9.59 Å². The molecule has 144 valence electrons. The maximum Gasteiger partial charge on any atom is 0.255 e. The molecule has 0 atom stereocenters. The smallest absolute Gasteiger partial charge is 0.255 e. The lowest BCUT2D eigenvalue weighted by Crippen LogP contribution is -2.12. The number of nitrogens with one attached hydrogen (secondary N) is 3. The van der Waals surface area contributed by atoms with Gasteiger partial charge in [-0.25, -0.2) is 4.98 Å². The minimum Gasteiger partial charge on any atom is -0.380 e. The highest BCUT2D eigenvalue weighted by molar-refractivity contribution is 6.04. The van der Waals surface area contributed by atoms with Gasteiger partial charge in [-0.05, 0) is 42.0 Å². The van der Waals surface area contributed by atoms with Crippen molar-refractivity contribution in [3.8, 4) is 0 Å². The van der Waals surface area contributed by atoms with E-state index in [1.165, 1.54) is 6.92 Å². The molecule has 0 saturated heterocycles. The first-order chi connectivity index (χ1) is 14.1. The Labute approximate surface area is 167 Å². The van der Waals surface area contributed by atoms with Gasteiger partial charge in [0, 0.05) is 30.6 Å². The predicted octanol–water partition coefficient (Wildman–Crippen LogP) is 4.02. The number of rotatable bonds is 6. The van der Waals surface area contributed by atoms with Gasteiger partial charge in [0.2, 0.25) is 0 Å². The number of carbonyl (C=O) groups excluding carboxylic acids is 2. The third-order valence-electron chi connectivity index (χ3n) is 4.45. The second kappa shape index (κ2) is 7.93. The molecule has 3 heterocycles. The SMILES string of the molecule is CC(=O)c1cc2cc(NCc3cccc(C(=O)Nc4cccnc4)c3)cnc2[nH]1. The van der Waals surface area contributed by atoms with Crippen LogP contribution in [-0.4, -0.2) is 26.6 Å². The molecule has 0 bridgehead atoms. The maximum absolute atomic E-state index is 12.4. The van der Waals surface area contributed by atoms with Crippen LogP contribution in [-0.2, 0) is 6.54 Å². The number of benzene rings is 1. The first-order valence-electron chi connectivity index (χ1n) is 9.12. The lowest BCUT2D eigenvalue weighted by molar-refractivity contribution is 0.101. The Morgan fingerprint density at radius 2 is 1.93 bits per heavy atom. The monoisotopic (exact) mass is 385 g/mol. The molecule has 0 aliphatic carbocycles. The molecule has 0 aliphatic rings. The largest absolute Gasteiger partial charge is 0.380 e. The number of hydrogen-bond acceptors (Lipinski definition) is 5. The van der Waals surface area contributed by atoms with Crippen molar-refractivity contribution in [2.75, 3.05) is 10.6 Å². The minimum atomic E-state index is -0.188. The molecule has 3 N–H and O–H groups in total. The minimum absolute atomic E-state index is 0.0288. The molecule has 1 amide bonds. The number of anilines is 2. The molecule has 0 aliphatic heterocycles. The van der Waals surface area contributed by atoms with Crippen LogP contribution in [0.5, 0.6) is 0 Å². The molecule has 7 nitrogen and oxygen atoms in total. The summed E-state index contributed by atoms with van der Waals surface area (Å²) in [6.07, 6.45) is 4.97. The summed E-state index contributed by atoms with van der Waals surface area (Å²) >= 11 is 0. The Kier molecular flexibility index (Phi) is 5.03. The fourth-order valence-electron chi connectivity index (χ4n) is 2.97. The maximum atomic E-state index is 12.4. The molecule has 4 aromatic rings. The molecular formula is C22H19N5O2. The van der Waals surface area contributed by atoms with Crippen LogP contribution in [0.4, 0.5) is 11.4 Å². The van der Waals surface area contributed by atoms with Crippen LogP contribution in [0.25, 0.3) is 11.0 Å². The van der Waals surface area contributed by atoms with E-state index in [0.29, 0.717) is 29.1 Å². The summed E-state index contributed by atoms with van der Waals surface area (Å²) in [5.41, 5.74) is 4.22. The van der Waals surface area contributed by atoms with Gasteiger partial charge in [0.05, 0.1) is 29.5 Å². The molecule has 0 saturated carbocycles. The topological polar surface area (TPSA) is 99.8 Å². The van der Waals surface area contributed by atoms with Crippen LogP contribution >= 0.6 is 0 Å². The number of aromatic amines is 1. The van der Waals surface area contributed by atoms with Crippen molar-refractivity contribution in [3.05, 3.63) is 83.9 Å². The molecule has 7 heteroatoms. The summed E-state index contributed by atoms with van der Waals surface area (Å²) in [5.74, 6) is -0.217. The van der Waals surface area contributed by atoms with Gasteiger partial charge in [0.1, 0.15) is 5.65 Å². The van der Waals surface area contributed by atoms with Gasteiger partial charge in [0.25, 0.3) is 5.91 Å². The normalized spacial score (nSPS) is 10.7. The summed E-state index contributed by atoms with van der Waals surface area (Å²) in [6, 6.07) is 14.7. The molecule has 29 heavy (non-hydrogen) atoms. The standard InChI is InChI=1S/C22H19N5O2/c1-14(28)20-10-17-9-19(13-25-21(17)27-20)24-11-15-4-2-5-16(8-15)22(29)26-18-6-3-7-23-12-18/h2-10,12-13,24H,11H2,1H3,(H,25,27)(H,26,29). The van der Waals surface area contributed by atoms with Crippen LogP contribution in [0.15, 0.2) is 67.1 Å². The Morgan fingerprint density at radius 3 is 2.72 bits per heavy atom. The van der Waals surface area contributed by atoms with Crippen molar-refractivity contribution in [2.45, 2.75) is 13.5 Å². The summed E-state index contributed by atoms with van der Waals surface area (Å²) in [6.45, 7) is 2.05. The van der Waals surface area contributed by atoms with Gasteiger partial charge in [-0.1, -0.05) is 12.1 Å². The number of H-pyrrole nitrogens is 1. The van der Waals surface area contributed by atoms with Crippen molar-refractivity contribution in [2.24, 2.45) is 0 Å². The molecular weight excluding hydrogens is 366 g/mol. The number of Topliss-reactive ketones (excluding diaryl/α,β-unsaturated/α-hetero) is 1. The number of carbonyl (C=O) groups is 2. The van der Waals surface area contributed by atoms with E-state index in [2.05, 4.69) is 25.6 Å². The van der Waals surface area contributed by atoms with Gasteiger partial charge in [-0.3, -0.25) is 14.6 Å². The van der Waals surface area contributed by atoms with E-state index in [4.69, 9.17) is 0 Å². The zero-order valence-corrected chi connectivity index (χ0v) is 15.8. The van der Waals surface area contributed by atoms with E-state index >= 15 is 0 Å². The van der Waals surface area contributed by atoms with Crippen molar-refractivity contribution in [1.29, 1.82) is 0 Å². The fraction of sp³-hybridized carbons (Fsp3) is 0.0909. The number of nitrogens with zero attached hydrogens (tertiary/aromatic N) is 2. The highest BCUT2D eigenvalue weighted by Gasteiger charge is 2.08. The number of hydrogen-bond donors (Lipinski definition) is 3. The molecule has 0 unspecified atom stereocenters. The van der Waals surface area contributed by atoms with Crippen LogP contribution < -0.4 is 10.6 Å². The van der Waals surface area contributed by atoms with E-state index in [1.807, 2.05) is 24.3 Å². The summed E-state index contributed by atoms with van der Waals surface area (Å²) < 4.78 is 0. The van der Waals surface area contributed by atoms with Gasteiger partial charge in [0.15, 0.2) is 5.78 Å². The van der Waals surface area contributed by atoms with Gasteiger partial charge in [-0.15, -0.1) is 0 Å². The van der Waals surface area contributed by atoms with Crippen molar-refractivity contribution in [3.63, 3.8) is 0 Å². The third-order valence-corrected chi connectivity index (χ3v) is 4.45. The van der Waals surface area contributed by atoms with E-state index < -0.39 is 0 Å². The quantitative estimate of drug-likeness (QED) is 0.435. The summed E-state index contributed by atoms with van der Waals surface area (Å²) in [7, 11) is 0. The lowest BCUT2D eigenvalue weighted by Gasteiger charge is -2.09. The predicted molar refractivity (Wildman–Crippen MR) is 112 cm³/mol. The molecule has 0 radical (unpaired) electrons. The molecule has 0 spiro atoms. The van der Waals surface area contributed by atoms with Gasteiger partial charge in [-0.2, -0.15) is 0 Å². The average molecular weight is 385 g/mol. The highest BCUT2D eigenvalue weighted by atomic mass is 16.1. The fourth-order valence-corrected chi connectivity index (χ4v) is 2.97. The Bertz CT molecular complexity index is 1180. The van der Waals surface area contributed by atoms with Crippen LogP contribution in [0.2, 0.25) is 0 Å². The first-order valence-corrected chi connectivity index (χ1v) is 9.12. The van der Waals surface area contributed by atoms with E-state index in [0.717, 1.165) is 16.6 Å². The lowest BCUT2D eigenvalue weighted by atomic mass is 10.1. The Morgan fingerprint density at radius 1 is 1.03 bits per heavy atom. The van der Waals surface area contributed by atoms with Gasteiger partial charge >= 0.3 is 0 Å². The number of amides is 1. The van der Waals surface area contributed by atoms with Crippen molar-refractivity contribution < 1.29 is 9.59 Å². The second-order valence-corrected chi connectivity index (χ2v) is 6.65. The van der Waals surface area contributed by atoms with Crippen molar-refractivity contribution >= 4 is 34.1 Å². The van der Waals surface area contributed by atoms with E-state index in [-0.39, 0.29) is 11.7 Å². The molecule has 1 aromatic carbocycles. The first kappa shape index (κ1) is 18.4. The number of pyridine rings is 2. The summed E-state index contributed by atoms with van der Waals surface area (Å²) in [5, 5.41) is 7.00. The zero-order valence-electron chi connectivity index (χ0n) is 15.8. The van der Waals surface area contributed by atoms with Crippen LogP contribution in [0.1, 0.15) is 33.3 Å². The number of aromatic nitrogens is 3. The van der Waals surface area contributed by atoms with E-state index in [1.54, 1.807) is 42.9 Å². The number of ketones is 1. The summed E-state index contributed by atoms with van der Waals surface area (Å²) in [4.78, 5) is 35.3. The number of fused-ring (bicyclic) bond motifs is 1. The zero-order chi connectivity index (χ0) is 20.2. The van der Waals surface area contributed by atoms with Gasteiger partial charge < -0.3 is 15.6 Å². The van der Waals surface area contributed by atoms with Crippen molar-refractivity contribution in [1.82, 2.24) is 15.0 Å². The Hall–Kier alpha value is -4.00. The van der Waals surface area contributed by atoms with Crippen LogP contribution in [0, 0.1) is 0 Å². The second-order valence-electron chi connectivity index (χ2n) is 6.65. The highest BCUT2D eigenvalue weighted by Crippen LogP contribution is 2.19. The third kappa shape index (κ3) is 4.30. The Balaban J connectivity index is 1.44. The molecule has 3 aromatic heterocycles.